The van der Waals surface area contributed by atoms with E-state index in [1.165, 1.54) is 11.1 Å². The lowest BCUT2D eigenvalue weighted by Gasteiger charge is -2.11. The van der Waals surface area contributed by atoms with Crippen molar-refractivity contribution in [2.24, 2.45) is 0 Å². The summed E-state index contributed by atoms with van der Waals surface area (Å²) >= 11 is 0. The maximum absolute atomic E-state index is 12.0. The van der Waals surface area contributed by atoms with Crippen molar-refractivity contribution >= 4 is 16.9 Å². The Hall–Kier alpha value is -2.62. The molecule has 0 aliphatic rings. The van der Waals surface area contributed by atoms with Crippen molar-refractivity contribution in [3.8, 4) is 0 Å². The number of carbonyl (C=O) groups excluding carboxylic acids is 1. The minimum Gasteiger partial charge on any atom is -0.355 e. The summed E-state index contributed by atoms with van der Waals surface area (Å²) in [7, 11) is 0. The fraction of sp³-hybridized carbons (Fsp3) is 0.333. The van der Waals surface area contributed by atoms with Crippen LogP contribution >= 0.6 is 0 Å². The summed E-state index contributed by atoms with van der Waals surface area (Å²) in [4.78, 5) is 16.7. The van der Waals surface area contributed by atoms with Crippen LogP contribution in [0.3, 0.4) is 0 Å². The standard InChI is InChI=1S/C21H25N3O/c1-15(2)24-16(3)23-19-13-18(9-10-20(19)24)11-12-22-21(25)14-17-7-5-4-6-8-17/h4-10,13,15H,11-12,14H2,1-3H3,(H,22,25). The van der Waals surface area contributed by atoms with Gasteiger partial charge in [0.15, 0.2) is 0 Å². The second-order valence-electron chi connectivity index (χ2n) is 6.71. The average molecular weight is 335 g/mol. The van der Waals surface area contributed by atoms with Gasteiger partial charge >= 0.3 is 0 Å². The molecule has 130 valence electrons. The first kappa shape index (κ1) is 17.2. The minimum absolute atomic E-state index is 0.0622. The molecule has 0 spiro atoms. The van der Waals surface area contributed by atoms with Crippen molar-refractivity contribution in [3.63, 3.8) is 0 Å². The summed E-state index contributed by atoms with van der Waals surface area (Å²) < 4.78 is 2.25. The van der Waals surface area contributed by atoms with E-state index >= 15 is 0 Å². The number of imidazole rings is 1. The van der Waals surface area contributed by atoms with E-state index in [4.69, 9.17) is 0 Å². The van der Waals surface area contributed by atoms with Crippen molar-refractivity contribution in [2.45, 2.75) is 39.7 Å². The zero-order valence-corrected chi connectivity index (χ0v) is 15.1. The van der Waals surface area contributed by atoms with Gasteiger partial charge in [-0.1, -0.05) is 36.4 Å². The largest absolute Gasteiger partial charge is 0.355 e. The molecule has 1 aromatic heterocycles. The van der Waals surface area contributed by atoms with Crippen LogP contribution in [0.4, 0.5) is 0 Å². The molecular weight excluding hydrogens is 310 g/mol. The Bertz CT molecular complexity index is 865. The number of fused-ring (bicyclic) bond motifs is 1. The summed E-state index contributed by atoms with van der Waals surface area (Å²) in [6, 6.07) is 16.6. The van der Waals surface area contributed by atoms with Crippen LogP contribution in [0.15, 0.2) is 48.5 Å². The summed E-state index contributed by atoms with van der Waals surface area (Å²) in [5.74, 6) is 1.10. The van der Waals surface area contributed by atoms with Crippen molar-refractivity contribution in [2.75, 3.05) is 6.54 Å². The number of hydrogen-bond donors (Lipinski definition) is 1. The predicted molar refractivity (Wildman–Crippen MR) is 102 cm³/mol. The maximum atomic E-state index is 12.0. The first-order chi connectivity index (χ1) is 12.0. The molecular formula is C21H25N3O. The summed E-state index contributed by atoms with van der Waals surface area (Å²) in [6.45, 7) is 7.03. The van der Waals surface area contributed by atoms with Crippen LogP contribution in [0.5, 0.6) is 0 Å². The van der Waals surface area contributed by atoms with E-state index in [0.717, 1.165) is 23.3 Å². The summed E-state index contributed by atoms with van der Waals surface area (Å²) in [5.41, 5.74) is 4.43. The van der Waals surface area contributed by atoms with E-state index in [-0.39, 0.29) is 5.91 Å². The lowest BCUT2D eigenvalue weighted by molar-refractivity contribution is -0.120. The average Bonchev–Trinajstić information content (AvgIpc) is 2.91. The molecule has 0 bridgehead atoms. The monoisotopic (exact) mass is 335 g/mol. The molecule has 1 amide bonds. The van der Waals surface area contributed by atoms with Gasteiger partial charge in [0.25, 0.3) is 0 Å². The number of aromatic nitrogens is 2. The van der Waals surface area contributed by atoms with Gasteiger partial charge in [0.05, 0.1) is 17.5 Å². The van der Waals surface area contributed by atoms with Gasteiger partial charge in [-0.25, -0.2) is 4.98 Å². The highest BCUT2D eigenvalue weighted by Crippen LogP contribution is 2.21. The van der Waals surface area contributed by atoms with Crippen molar-refractivity contribution in [1.82, 2.24) is 14.9 Å². The molecule has 0 unspecified atom stereocenters. The first-order valence-corrected chi connectivity index (χ1v) is 8.82. The Kier molecular flexibility index (Phi) is 5.17. The topological polar surface area (TPSA) is 46.9 Å². The van der Waals surface area contributed by atoms with Crippen molar-refractivity contribution in [1.29, 1.82) is 0 Å². The molecule has 4 nitrogen and oxygen atoms in total. The molecule has 3 rings (SSSR count). The predicted octanol–water partition coefficient (Wildman–Crippen LogP) is 3.83. The Morgan fingerprint density at radius 1 is 1.12 bits per heavy atom. The molecule has 0 saturated carbocycles. The number of nitrogens with zero attached hydrogens (tertiary/aromatic N) is 2. The van der Waals surface area contributed by atoms with E-state index in [0.29, 0.717) is 19.0 Å². The van der Waals surface area contributed by atoms with E-state index in [1.807, 2.05) is 37.3 Å². The van der Waals surface area contributed by atoms with Gasteiger partial charge in [-0.3, -0.25) is 4.79 Å². The minimum atomic E-state index is 0.0622. The van der Waals surface area contributed by atoms with Crippen molar-refractivity contribution < 1.29 is 4.79 Å². The molecule has 3 aromatic rings. The highest BCUT2D eigenvalue weighted by atomic mass is 16.1. The molecule has 0 atom stereocenters. The van der Waals surface area contributed by atoms with Gasteiger partial charge in [-0.05, 0) is 50.5 Å². The number of carbonyl (C=O) groups is 1. The Morgan fingerprint density at radius 2 is 1.88 bits per heavy atom. The number of aryl methyl sites for hydroxylation is 1. The number of amides is 1. The van der Waals surface area contributed by atoms with Crippen LogP contribution in [-0.2, 0) is 17.6 Å². The highest BCUT2D eigenvalue weighted by Gasteiger charge is 2.10. The third-order valence-electron chi connectivity index (χ3n) is 4.39. The third kappa shape index (κ3) is 4.08. The molecule has 25 heavy (non-hydrogen) atoms. The normalized spacial score (nSPS) is 11.2. The molecule has 4 heteroatoms. The van der Waals surface area contributed by atoms with Crippen LogP contribution in [-0.4, -0.2) is 22.0 Å². The Labute approximate surface area is 148 Å². The number of hydrogen-bond acceptors (Lipinski definition) is 2. The SMILES string of the molecule is Cc1nc2cc(CCNC(=O)Cc3ccccc3)ccc2n1C(C)C. The molecule has 0 aliphatic carbocycles. The lowest BCUT2D eigenvalue weighted by Crippen LogP contribution is -2.27. The second-order valence-corrected chi connectivity index (χ2v) is 6.71. The smallest absolute Gasteiger partial charge is 0.224 e. The molecule has 1 N–H and O–H groups in total. The maximum Gasteiger partial charge on any atom is 0.224 e. The lowest BCUT2D eigenvalue weighted by atomic mass is 10.1. The fourth-order valence-corrected chi connectivity index (χ4v) is 3.26. The van der Waals surface area contributed by atoms with Crippen LogP contribution in [0.2, 0.25) is 0 Å². The number of nitrogens with one attached hydrogen (secondary N) is 1. The van der Waals surface area contributed by atoms with Gasteiger partial charge in [-0.2, -0.15) is 0 Å². The Balaban J connectivity index is 1.59. The molecule has 0 saturated heterocycles. The zero-order valence-electron chi connectivity index (χ0n) is 15.1. The zero-order chi connectivity index (χ0) is 17.8. The van der Waals surface area contributed by atoms with E-state index in [9.17, 15) is 4.79 Å². The Morgan fingerprint density at radius 3 is 2.60 bits per heavy atom. The number of benzene rings is 2. The molecule has 1 heterocycles. The van der Waals surface area contributed by atoms with E-state index < -0.39 is 0 Å². The molecule has 2 aromatic carbocycles. The second kappa shape index (κ2) is 7.51. The first-order valence-electron chi connectivity index (χ1n) is 8.82. The molecule has 0 aliphatic heterocycles. The fourth-order valence-electron chi connectivity index (χ4n) is 3.26. The van der Waals surface area contributed by atoms with E-state index in [2.05, 4.69) is 46.9 Å². The van der Waals surface area contributed by atoms with Gasteiger partial charge in [-0.15, -0.1) is 0 Å². The summed E-state index contributed by atoms with van der Waals surface area (Å²) in [6.07, 6.45) is 1.24. The van der Waals surface area contributed by atoms with Crippen LogP contribution in [0.25, 0.3) is 11.0 Å². The highest BCUT2D eigenvalue weighted by molar-refractivity contribution is 5.79. The van der Waals surface area contributed by atoms with Crippen LogP contribution < -0.4 is 5.32 Å². The van der Waals surface area contributed by atoms with Crippen LogP contribution in [0.1, 0.15) is 36.8 Å². The van der Waals surface area contributed by atoms with Gasteiger partial charge < -0.3 is 9.88 Å². The van der Waals surface area contributed by atoms with Gasteiger partial charge in [0, 0.05) is 12.6 Å². The van der Waals surface area contributed by atoms with Crippen LogP contribution in [0, 0.1) is 6.92 Å². The van der Waals surface area contributed by atoms with Crippen molar-refractivity contribution in [3.05, 3.63) is 65.5 Å². The molecule has 0 fully saturated rings. The van der Waals surface area contributed by atoms with Gasteiger partial charge in [0.1, 0.15) is 5.82 Å². The van der Waals surface area contributed by atoms with E-state index in [1.54, 1.807) is 0 Å². The summed E-state index contributed by atoms with van der Waals surface area (Å²) in [5, 5.41) is 3.00. The molecule has 0 radical (unpaired) electrons. The van der Waals surface area contributed by atoms with Gasteiger partial charge in [0.2, 0.25) is 5.91 Å². The quantitative estimate of drug-likeness (QED) is 0.744. The number of rotatable bonds is 6. The third-order valence-corrected chi connectivity index (χ3v) is 4.39.